The maximum Gasteiger partial charge on any atom is 0.267 e. The number of carbonyl (C=O) groups is 3. The molecule has 0 saturated carbocycles. The first-order valence-corrected chi connectivity index (χ1v) is 8.97. The number of nitrogens with one attached hydrogen (secondary N) is 3. The number of nitrogens with zero attached hydrogens (tertiary/aromatic N) is 1. The zero-order valence-electron chi connectivity index (χ0n) is 15.6. The molecule has 1 heterocycles. The van der Waals surface area contributed by atoms with Crippen LogP contribution in [0.2, 0.25) is 5.02 Å². The first-order chi connectivity index (χ1) is 14.2. The molecule has 1 aliphatic heterocycles. The van der Waals surface area contributed by atoms with Gasteiger partial charge in [-0.1, -0.05) is 23.7 Å². The predicted octanol–water partition coefficient (Wildman–Crippen LogP) is 1.30. The molecular formula is C19H16ClF2N5O3. The van der Waals surface area contributed by atoms with Gasteiger partial charge in [0, 0.05) is 12.7 Å². The van der Waals surface area contributed by atoms with Gasteiger partial charge in [-0.15, -0.1) is 0 Å². The third kappa shape index (κ3) is 3.51. The van der Waals surface area contributed by atoms with Crippen molar-refractivity contribution in [2.45, 2.75) is 5.54 Å². The summed E-state index contributed by atoms with van der Waals surface area (Å²) in [4.78, 5) is 40.8. The number of anilines is 1. The lowest BCUT2D eigenvalue weighted by atomic mass is 9.84. The van der Waals surface area contributed by atoms with Gasteiger partial charge in [0.05, 0.1) is 17.3 Å². The highest BCUT2D eigenvalue weighted by Gasteiger charge is 2.49. The number of nitrogens with two attached hydrogens (primary N) is 1. The normalized spacial score (nSPS) is 17.9. The molecule has 0 saturated heterocycles. The van der Waals surface area contributed by atoms with Crippen LogP contribution in [0.4, 0.5) is 14.5 Å². The van der Waals surface area contributed by atoms with E-state index in [1.807, 2.05) is 0 Å². The van der Waals surface area contributed by atoms with Gasteiger partial charge in [-0.3, -0.25) is 24.7 Å². The number of amides is 3. The standard InChI is InChI=1S/C19H16ClF2N5O3/c1-24-17(29)15-19(18(23)30,26-8-25-15)9-2-4-10(5-3-9)27-16(28)13-11(21)6-7-12(22)14(13)20/h2-7,26H,8H2,1H3,(H2,23,30)(H,24,29)(H,27,28). The van der Waals surface area contributed by atoms with Gasteiger partial charge >= 0.3 is 0 Å². The number of hydrogen-bond donors (Lipinski definition) is 4. The number of hydrogen-bond acceptors (Lipinski definition) is 5. The zero-order valence-corrected chi connectivity index (χ0v) is 16.3. The highest BCUT2D eigenvalue weighted by atomic mass is 35.5. The molecule has 2 aromatic carbocycles. The molecule has 8 nitrogen and oxygen atoms in total. The van der Waals surface area contributed by atoms with Crippen molar-refractivity contribution in [3.05, 3.63) is 64.2 Å². The zero-order chi connectivity index (χ0) is 22.1. The average molecular weight is 436 g/mol. The maximum atomic E-state index is 13.9. The Morgan fingerprint density at radius 3 is 2.33 bits per heavy atom. The van der Waals surface area contributed by atoms with Gasteiger partial charge in [0.1, 0.15) is 17.3 Å². The third-order valence-electron chi connectivity index (χ3n) is 4.60. The molecule has 3 rings (SSSR count). The fraction of sp³-hybridized carbons (Fsp3) is 0.158. The summed E-state index contributed by atoms with van der Waals surface area (Å²) >= 11 is 5.70. The smallest absolute Gasteiger partial charge is 0.267 e. The summed E-state index contributed by atoms with van der Waals surface area (Å²) in [5, 5.41) is 6.98. The van der Waals surface area contributed by atoms with Crippen molar-refractivity contribution in [3.8, 4) is 0 Å². The molecule has 1 unspecified atom stereocenters. The van der Waals surface area contributed by atoms with Crippen LogP contribution in [0.1, 0.15) is 15.9 Å². The Hall–Kier alpha value is -3.37. The Morgan fingerprint density at radius 1 is 1.10 bits per heavy atom. The van der Waals surface area contributed by atoms with Crippen molar-refractivity contribution in [3.63, 3.8) is 0 Å². The fourth-order valence-corrected chi connectivity index (χ4v) is 3.36. The summed E-state index contributed by atoms with van der Waals surface area (Å²) in [6.07, 6.45) is 0. The van der Waals surface area contributed by atoms with E-state index in [0.29, 0.717) is 5.56 Å². The van der Waals surface area contributed by atoms with Crippen molar-refractivity contribution < 1.29 is 23.2 Å². The monoisotopic (exact) mass is 435 g/mol. The quantitative estimate of drug-likeness (QED) is 0.528. The van der Waals surface area contributed by atoms with Crippen LogP contribution in [0.3, 0.4) is 0 Å². The second kappa shape index (κ2) is 8.17. The minimum absolute atomic E-state index is 0.00152. The van der Waals surface area contributed by atoms with Crippen LogP contribution in [0, 0.1) is 11.6 Å². The number of primary amides is 1. The van der Waals surface area contributed by atoms with Gasteiger partial charge in [-0.05, 0) is 29.8 Å². The van der Waals surface area contributed by atoms with Crippen LogP contribution in [0.5, 0.6) is 0 Å². The number of halogens is 3. The predicted molar refractivity (Wildman–Crippen MR) is 106 cm³/mol. The SMILES string of the molecule is CNC(=O)C1=NCNC1(C(N)=O)c1ccc(NC(=O)c2c(F)ccc(F)c2Cl)cc1. The van der Waals surface area contributed by atoms with Crippen molar-refractivity contribution in [1.82, 2.24) is 10.6 Å². The van der Waals surface area contributed by atoms with E-state index in [1.165, 1.54) is 31.3 Å². The molecule has 0 aliphatic carbocycles. The molecule has 156 valence electrons. The highest BCUT2D eigenvalue weighted by Crippen LogP contribution is 2.29. The van der Waals surface area contributed by atoms with Gasteiger partial charge in [0.2, 0.25) is 5.91 Å². The van der Waals surface area contributed by atoms with Crippen LogP contribution in [-0.4, -0.2) is 37.1 Å². The summed E-state index contributed by atoms with van der Waals surface area (Å²) in [6, 6.07) is 7.31. The largest absolute Gasteiger partial charge is 0.367 e. The molecule has 5 N–H and O–H groups in total. The minimum atomic E-state index is -1.65. The van der Waals surface area contributed by atoms with Crippen LogP contribution in [0.25, 0.3) is 0 Å². The molecule has 1 atom stereocenters. The van der Waals surface area contributed by atoms with Gasteiger partial charge in [0.15, 0.2) is 5.54 Å². The first-order valence-electron chi connectivity index (χ1n) is 8.59. The van der Waals surface area contributed by atoms with Crippen LogP contribution in [0.15, 0.2) is 41.4 Å². The summed E-state index contributed by atoms with van der Waals surface area (Å²) in [5.41, 5.74) is 3.70. The van der Waals surface area contributed by atoms with E-state index in [-0.39, 0.29) is 18.1 Å². The molecule has 2 aromatic rings. The average Bonchev–Trinajstić information content (AvgIpc) is 3.17. The maximum absolute atomic E-state index is 13.9. The van der Waals surface area contributed by atoms with E-state index in [2.05, 4.69) is 20.9 Å². The third-order valence-corrected chi connectivity index (χ3v) is 4.96. The molecule has 0 spiro atoms. The summed E-state index contributed by atoms with van der Waals surface area (Å²) in [5.74, 6) is -4.29. The fourth-order valence-electron chi connectivity index (χ4n) is 3.12. The molecule has 1 aliphatic rings. The Morgan fingerprint density at radius 2 is 1.73 bits per heavy atom. The van der Waals surface area contributed by atoms with Crippen molar-refractivity contribution in [2.75, 3.05) is 19.0 Å². The Kier molecular flexibility index (Phi) is 5.81. The van der Waals surface area contributed by atoms with E-state index >= 15 is 0 Å². The molecule has 0 bridgehead atoms. The molecule has 11 heteroatoms. The Labute approximate surface area is 174 Å². The molecule has 3 amide bonds. The lowest BCUT2D eigenvalue weighted by Crippen LogP contribution is -2.58. The number of benzene rings is 2. The first kappa shape index (κ1) is 21.3. The number of aliphatic imine (C=N–C) groups is 1. The minimum Gasteiger partial charge on any atom is -0.367 e. The van der Waals surface area contributed by atoms with Crippen molar-refractivity contribution in [2.24, 2.45) is 10.7 Å². The molecular weight excluding hydrogens is 420 g/mol. The summed E-state index contributed by atoms with van der Waals surface area (Å²) in [6.45, 7) is 0.00152. The summed E-state index contributed by atoms with van der Waals surface area (Å²) in [7, 11) is 1.39. The topological polar surface area (TPSA) is 126 Å². The van der Waals surface area contributed by atoms with Gasteiger partial charge in [0.25, 0.3) is 11.8 Å². The lowest BCUT2D eigenvalue weighted by molar-refractivity contribution is -0.123. The molecule has 0 fully saturated rings. The van der Waals surface area contributed by atoms with Gasteiger partial charge in [-0.2, -0.15) is 0 Å². The van der Waals surface area contributed by atoms with E-state index in [4.69, 9.17) is 17.3 Å². The van der Waals surface area contributed by atoms with E-state index < -0.39 is 45.5 Å². The Balaban J connectivity index is 1.91. The number of rotatable bonds is 5. The highest BCUT2D eigenvalue weighted by molar-refractivity contribution is 6.47. The van der Waals surface area contributed by atoms with Crippen LogP contribution < -0.4 is 21.7 Å². The lowest BCUT2D eigenvalue weighted by Gasteiger charge is -2.27. The summed E-state index contributed by atoms with van der Waals surface area (Å²) < 4.78 is 27.5. The molecule has 0 radical (unpaired) electrons. The van der Waals surface area contributed by atoms with Crippen molar-refractivity contribution >= 4 is 40.7 Å². The second-order valence-corrected chi connectivity index (χ2v) is 6.66. The second-order valence-electron chi connectivity index (χ2n) is 6.28. The molecule has 30 heavy (non-hydrogen) atoms. The van der Waals surface area contributed by atoms with E-state index in [9.17, 15) is 23.2 Å². The Bertz CT molecular complexity index is 1070. The van der Waals surface area contributed by atoms with Gasteiger partial charge < -0.3 is 16.4 Å². The number of carbonyl (C=O) groups excluding carboxylic acids is 3. The van der Waals surface area contributed by atoms with E-state index in [1.54, 1.807) is 0 Å². The van der Waals surface area contributed by atoms with Gasteiger partial charge in [-0.25, -0.2) is 8.78 Å². The molecule has 0 aromatic heterocycles. The van der Waals surface area contributed by atoms with Crippen LogP contribution >= 0.6 is 11.6 Å². The van der Waals surface area contributed by atoms with Crippen LogP contribution in [-0.2, 0) is 15.1 Å². The van der Waals surface area contributed by atoms with Crippen molar-refractivity contribution in [1.29, 1.82) is 0 Å². The van der Waals surface area contributed by atoms with E-state index in [0.717, 1.165) is 12.1 Å².